The highest BCUT2D eigenvalue weighted by Crippen LogP contribution is 2.12. The maximum absolute atomic E-state index is 5.88. The number of nitrogens with two attached hydrogens (primary N) is 1. The molecular weight excluding hydrogens is 176 g/mol. The van der Waals surface area contributed by atoms with E-state index in [1.807, 2.05) is 35.8 Å². The summed E-state index contributed by atoms with van der Waals surface area (Å²) in [6.45, 7) is 0.910. The third-order valence-electron chi connectivity index (χ3n) is 2.25. The third kappa shape index (κ3) is 1.44. The highest BCUT2D eigenvalue weighted by molar-refractivity contribution is 5.53. The molecule has 0 aliphatic heterocycles. The van der Waals surface area contributed by atoms with Crippen LogP contribution in [-0.4, -0.2) is 23.0 Å². The molecule has 0 amide bonds. The lowest BCUT2D eigenvalue weighted by Gasteiger charge is -2.03. The second-order valence-electron chi connectivity index (χ2n) is 3.24. The molecule has 0 aromatic carbocycles. The number of nitrogens with one attached hydrogen (secondary N) is 1. The number of imidazole rings is 1. The van der Waals surface area contributed by atoms with E-state index in [-0.39, 0.29) is 0 Å². The average molecular weight is 190 g/mol. The first-order chi connectivity index (χ1) is 6.83. The van der Waals surface area contributed by atoms with Crippen molar-refractivity contribution in [3.63, 3.8) is 0 Å². The Morgan fingerprint density at radius 3 is 3.14 bits per heavy atom. The number of pyridine rings is 1. The van der Waals surface area contributed by atoms with Gasteiger partial charge in [-0.3, -0.25) is 4.40 Å². The number of hydrogen-bond acceptors (Lipinski definition) is 3. The van der Waals surface area contributed by atoms with Gasteiger partial charge in [-0.05, 0) is 19.2 Å². The predicted octanol–water partition coefficient (Wildman–Crippen LogP) is 0.678. The molecule has 0 radical (unpaired) electrons. The van der Waals surface area contributed by atoms with Gasteiger partial charge in [-0.1, -0.05) is 6.07 Å². The molecule has 4 heteroatoms. The molecule has 0 aliphatic carbocycles. The zero-order chi connectivity index (χ0) is 9.97. The van der Waals surface area contributed by atoms with E-state index in [1.54, 1.807) is 0 Å². The van der Waals surface area contributed by atoms with E-state index < -0.39 is 0 Å². The molecule has 4 nitrogen and oxygen atoms in total. The molecule has 3 N–H and O–H groups in total. The van der Waals surface area contributed by atoms with Crippen molar-refractivity contribution in [2.75, 3.05) is 19.3 Å². The average Bonchev–Trinajstić information content (AvgIpc) is 2.59. The van der Waals surface area contributed by atoms with Gasteiger partial charge in [0.15, 0.2) is 0 Å². The van der Waals surface area contributed by atoms with Crippen LogP contribution in [0.25, 0.3) is 5.52 Å². The Morgan fingerprint density at radius 1 is 1.50 bits per heavy atom. The van der Waals surface area contributed by atoms with Crippen LogP contribution < -0.4 is 11.1 Å². The number of nitrogen functional groups attached to an aromatic ring is 1. The van der Waals surface area contributed by atoms with E-state index in [1.165, 1.54) is 0 Å². The van der Waals surface area contributed by atoms with Crippen LogP contribution in [0.1, 0.15) is 5.82 Å². The minimum atomic E-state index is 0.742. The summed E-state index contributed by atoms with van der Waals surface area (Å²) in [5.74, 6) is 1.75. The second kappa shape index (κ2) is 3.67. The van der Waals surface area contributed by atoms with Crippen LogP contribution in [-0.2, 0) is 6.42 Å². The van der Waals surface area contributed by atoms with Crippen LogP contribution in [0.15, 0.2) is 24.4 Å². The topological polar surface area (TPSA) is 55.3 Å². The number of likely N-dealkylation sites (N-methyl/N-ethyl adjacent to an activating group) is 1. The van der Waals surface area contributed by atoms with Crippen molar-refractivity contribution in [2.45, 2.75) is 6.42 Å². The lowest BCUT2D eigenvalue weighted by molar-refractivity contribution is 0.755. The van der Waals surface area contributed by atoms with Crippen molar-refractivity contribution in [3.05, 3.63) is 30.2 Å². The molecule has 74 valence electrons. The maximum atomic E-state index is 5.88. The fraction of sp³-hybridized carbons (Fsp3) is 0.300. The van der Waals surface area contributed by atoms with E-state index in [0.717, 1.165) is 30.1 Å². The summed E-state index contributed by atoms with van der Waals surface area (Å²) in [4.78, 5) is 4.34. The summed E-state index contributed by atoms with van der Waals surface area (Å²) in [5, 5.41) is 3.10. The van der Waals surface area contributed by atoms with E-state index in [0.29, 0.717) is 0 Å². The fourth-order valence-electron chi connectivity index (χ4n) is 1.55. The minimum Gasteiger partial charge on any atom is -0.385 e. The molecule has 2 rings (SSSR count). The molecule has 0 aliphatic rings. The van der Waals surface area contributed by atoms with Crippen molar-refractivity contribution in [1.29, 1.82) is 0 Å². The summed E-state index contributed by atoms with van der Waals surface area (Å²) in [7, 11) is 1.93. The molecule has 0 fully saturated rings. The molecular formula is C10H14N4. The van der Waals surface area contributed by atoms with Crippen LogP contribution >= 0.6 is 0 Å². The Hall–Kier alpha value is -1.55. The van der Waals surface area contributed by atoms with Gasteiger partial charge in [0.25, 0.3) is 0 Å². The molecule has 0 bridgehead atoms. The molecule has 2 heterocycles. The molecule has 14 heavy (non-hydrogen) atoms. The van der Waals surface area contributed by atoms with Gasteiger partial charge in [0, 0.05) is 13.0 Å². The number of aromatic nitrogens is 2. The number of hydrogen-bond donors (Lipinski definition) is 2. The van der Waals surface area contributed by atoms with Crippen molar-refractivity contribution in [2.24, 2.45) is 0 Å². The smallest absolute Gasteiger partial charge is 0.116 e. The van der Waals surface area contributed by atoms with Crippen molar-refractivity contribution in [1.82, 2.24) is 14.7 Å². The van der Waals surface area contributed by atoms with Crippen LogP contribution in [0.3, 0.4) is 0 Å². The molecule has 2 aromatic rings. The largest absolute Gasteiger partial charge is 0.385 e. The fourth-order valence-corrected chi connectivity index (χ4v) is 1.55. The van der Waals surface area contributed by atoms with Gasteiger partial charge in [0.2, 0.25) is 0 Å². The summed E-state index contributed by atoms with van der Waals surface area (Å²) in [6, 6.07) is 5.83. The molecule has 0 spiro atoms. The summed E-state index contributed by atoms with van der Waals surface area (Å²) >= 11 is 0. The lowest BCUT2D eigenvalue weighted by Crippen LogP contribution is -2.13. The first-order valence-corrected chi connectivity index (χ1v) is 4.68. The minimum absolute atomic E-state index is 0.742. The SMILES string of the molecule is CNCCc1ncc2cccc(N)n12. The third-order valence-corrected chi connectivity index (χ3v) is 2.25. The zero-order valence-electron chi connectivity index (χ0n) is 8.20. The van der Waals surface area contributed by atoms with Gasteiger partial charge in [-0.25, -0.2) is 4.98 Å². The maximum Gasteiger partial charge on any atom is 0.116 e. The molecule has 0 unspecified atom stereocenters. The van der Waals surface area contributed by atoms with Gasteiger partial charge >= 0.3 is 0 Å². The summed E-state index contributed by atoms with van der Waals surface area (Å²) in [6.07, 6.45) is 2.74. The quantitative estimate of drug-likeness (QED) is 0.748. The van der Waals surface area contributed by atoms with E-state index in [9.17, 15) is 0 Å². The van der Waals surface area contributed by atoms with Gasteiger partial charge in [-0.2, -0.15) is 0 Å². The summed E-state index contributed by atoms with van der Waals surface area (Å²) in [5.41, 5.74) is 6.93. The number of fused-ring (bicyclic) bond motifs is 1. The van der Waals surface area contributed by atoms with Crippen LogP contribution in [0.2, 0.25) is 0 Å². The Morgan fingerprint density at radius 2 is 2.36 bits per heavy atom. The van der Waals surface area contributed by atoms with Gasteiger partial charge in [0.05, 0.1) is 11.7 Å². The molecule has 0 saturated carbocycles. The van der Waals surface area contributed by atoms with E-state index in [2.05, 4.69) is 10.3 Å². The molecule has 2 aromatic heterocycles. The Kier molecular flexibility index (Phi) is 2.37. The van der Waals surface area contributed by atoms with Crippen molar-refractivity contribution >= 4 is 11.3 Å². The lowest BCUT2D eigenvalue weighted by atomic mass is 10.3. The Labute approximate surface area is 82.8 Å². The number of rotatable bonds is 3. The molecule has 0 atom stereocenters. The standard InChI is InChI=1S/C10H14N4/c1-12-6-5-10-13-7-8-3-2-4-9(11)14(8)10/h2-4,7,12H,5-6,11H2,1H3. The second-order valence-corrected chi connectivity index (χ2v) is 3.24. The Bertz CT molecular complexity index is 433. The first-order valence-electron chi connectivity index (χ1n) is 4.68. The zero-order valence-corrected chi connectivity index (χ0v) is 8.20. The van der Waals surface area contributed by atoms with Gasteiger partial charge in [0.1, 0.15) is 11.6 Å². The highest BCUT2D eigenvalue weighted by atomic mass is 15.1. The van der Waals surface area contributed by atoms with Crippen molar-refractivity contribution in [3.8, 4) is 0 Å². The van der Waals surface area contributed by atoms with E-state index >= 15 is 0 Å². The monoisotopic (exact) mass is 190 g/mol. The van der Waals surface area contributed by atoms with E-state index in [4.69, 9.17) is 5.73 Å². The number of nitrogens with zero attached hydrogens (tertiary/aromatic N) is 2. The number of anilines is 1. The van der Waals surface area contributed by atoms with Crippen molar-refractivity contribution < 1.29 is 0 Å². The Balaban J connectivity index is 2.45. The van der Waals surface area contributed by atoms with Gasteiger partial charge in [-0.15, -0.1) is 0 Å². The predicted molar refractivity (Wildman–Crippen MR) is 57.2 cm³/mol. The molecule has 0 saturated heterocycles. The first kappa shape index (κ1) is 9.02. The normalized spacial score (nSPS) is 10.9. The summed E-state index contributed by atoms with van der Waals surface area (Å²) < 4.78 is 1.98. The van der Waals surface area contributed by atoms with Crippen LogP contribution in [0, 0.1) is 0 Å². The van der Waals surface area contributed by atoms with Crippen LogP contribution in [0.4, 0.5) is 5.82 Å². The van der Waals surface area contributed by atoms with Crippen LogP contribution in [0.5, 0.6) is 0 Å². The van der Waals surface area contributed by atoms with Gasteiger partial charge < -0.3 is 11.1 Å². The highest BCUT2D eigenvalue weighted by Gasteiger charge is 2.04.